The van der Waals surface area contributed by atoms with Gasteiger partial charge in [0.25, 0.3) is 0 Å². The molecule has 0 aliphatic carbocycles. The molecule has 2 N–H and O–H groups in total. The Hall–Kier alpha value is -2.13. The second-order valence-corrected chi connectivity index (χ2v) is 4.08. The standard InChI is InChI=1S/C11H11ClN6/c1-2-3-8-7(6-13)11(14)18(17-8)10-5-4-9(12)15-16-10/h4-5H,2-3,14H2,1H3. The van der Waals surface area contributed by atoms with Gasteiger partial charge in [0, 0.05) is 0 Å². The Labute approximate surface area is 109 Å². The Balaban J connectivity index is 2.52. The fraction of sp³-hybridized carbons (Fsp3) is 0.273. The molecule has 2 rings (SSSR count). The summed E-state index contributed by atoms with van der Waals surface area (Å²) in [4.78, 5) is 0. The first kappa shape index (κ1) is 12.3. The predicted octanol–water partition coefficient (Wildman–Crippen LogP) is 1.72. The number of anilines is 1. The van der Waals surface area contributed by atoms with Crippen molar-refractivity contribution in [3.05, 3.63) is 28.5 Å². The van der Waals surface area contributed by atoms with Gasteiger partial charge >= 0.3 is 0 Å². The molecule has 92 valence electrons. The molecule has 7 heteroatoms. The van der Waals surface area contributed by atoms with Gasteiger partial charge in [-0.3, -0.25) is 0 Å². The molecule has 0 unspecified atom stereocenters. The van der Waals surface area contributed by atoms with Crippen molar-refractivity contribution in [3.63, 3.8) is 0 Å². The molecule has 0 amide bonds. The zero-order chi connectivity index (χ0) is 13.1. The number of halogens is 1. The molecule has 2 aromatic rings. The predicted molar refractivity (Wildman–Crippen MR) is 67.3 cm³/mol. The van der Waals surface area contributed by atoms with Gasteiger partial charge in [-0.25, -0.2) is 0 Å². The fourth-order valence-corrected chi connectivity index (χ4v) is 1.71. The zero-order valence-electron chi connectivity index (χ0n) is 9.76. The average molecular weight is 263 g/mol. The van der Waals surface area contributed by atoms with Crippen LogP contribution in [-0.4, -0.2) is 20.0 Å². The first-order valence-corrected chi connectivity index (χ1v) is 5.82. The Morgan fingerprint density at radius 2 is 2.22 bits per heavy atom. The van der Waals surface area contributed by atoms with Crippen molar-refractivity contribution in [2.75, 3.05) is 5.73 Å². The van der Waals surface area contributed by atoms with Crippen molar-refractivity contribution in [2.24, 2.45) is 0 Å². The average Bonchev–Trinajstić information content (AvgIpc) is 2.67. The molecule has 6 nitrogen and oxygen atoms in total. The summed E-state index contributed by atoms with van der Waals surface area (Å²) in [5.74, 6) is 0.716. The molecule has 0 aromatic carbocycles. The van der Waals surface area contributed by atoms with Crippen LogP contribution < -0.4 is 5.73 Å². The third-order valence-corrected chi connectivity index (χ3v) is 2.63. The molecule has 0 aliphatic rings. The summed E-state index contributed by atoms with van der Waals surface area (Å²) in [6.07, 6.45) is 1.58. The van der Waals surface area contributed by atoms with Crippen molar-refractivity contribution in [2.45, 2.75) is 19.8 Å². The van der Waals surface area contributed by atoms with Gasteiger partial charge in [0.05, 0.1) is 5.69 Å². The van der Waals surface area contributed by atoms with Crippen molar-refractivity contribution in [1.29, 1.82) is 5.26 Å². The highest BCUT2D eigenvalue weighted by molar-refractivity contribution is 6.29. The number of hydrogen-bond donors (Lipinski definition) is 1. The summed E-state index contributed by atoms with van der Waals surface area (Å²) in [5.41, 5.74) is 6.96. The van der Waals surface area contributed by atoms with Crippen LogP contribution in [0.5, 0.6) is 0 Å². The topological polar surface area (TPSA) is 93.4 Å². The van der Waals surface area contributed by atoms with E-state index in [1.165, 1.54) is 4.68 Å². The highest BCUT2D eigenvalue weighted by atomic mass is 35.5. The Morgan fingerprint density at radius 3 is 2.78 bits per heavy atom. The van der Waals surface area contributed by atoms with E-state index in [4.69, 9.17) is 22.6 Å². The maximum Gasteiger partial charge on any atom is 0.178 e. The van der Waals surface area contributed by atoms with Crippen LogP contribution in [0, 0.1) is 11.3 Å². The number of aromatic nitrogens is 4. The van der Waals surface area contributed by atoms with E-state index in [1.807, 2.05) is 6.92 Å². The molecular weight excluding hydrogens is 252 g/mol. The van der Waals surface area contributed by atoms with E-state index in [0.29, 0.717) is 28.6 Å². The second-order valence-electron chi connectivity index (χ2n) is 3.69. The lowest BCUT2D eigenvalue weighted by Gasteiger charge is -2.01. The summed E-state index contributed by atoms with van der Waals surface area (Å²) >= 11 is 5.67. The van der Waals surface area contributed by atoms with Gasteiger partial charge in [-0.2, -0.15) is 15.0 Å². The molecule has 18 heavy (non-hydrogen) atoms. The number of aryl methyl sites for hydroxylation is 1. The molecule has 0 bridgehead atoms. The Kier molecular flexibility index (Phi) is 3.44. The largest absolute Gasteiger partial charge is 0.382 e. The zero-order valence-corrected chi connectivity index (χ0v) is 10.5. The quantitative estimate of drug-likeness (QED) is 0.909. The highest BCUT2D eigenvalue weighted by Crippen LogP contribution is 2.20. The van der Waals surface area contributed by atoms with Crippen LogP contribution in [-0.2, 0) is 6.42 Å². The Bertz CT molecular complexity index is 595. The maximum atomic E-state index is 9.09. The normalized spacial score (nSPS) is 10.3. The van der Waals surface area contributed by atoms with E-state index in [9.17, 15) is 0 Å². The summed E-state index contributed by atoms with van der Waals surface area (Å²) in [7, 11) is 0. The van der Waals surface area contributed by atoms with Crippen molar-refractivity contribution in [1.82, 2.24) is 20.0 Å². The summed E-state index contributed by atoms with van der Waals surface area (Å²) < 4.78 is 1.41. The van der Waals surface area contributed by atoms with Gasteiger partial charge in [-0.05, 0) is 18.6 Å². The van der Waals surface area contributed by atoms with E-state index in [-0.39, 0.29) is 5.82 Å². The molecular formula is C11H11ClN6. The minimum Gasteiger partial charge on any atom is -0.382 e. The van der Waals surface area contributed by atoms with Crippen LogP contribution in [0.1, 0.15) is 24.6 Å². The lowest BCUT2D eigenvalue weighted by molar-refractivity contribution is 0.779. The molecule has 0 saturated heterocycles. The highest BCUT2D eigenvalue weighted by Gasteiger charge is 2.16. The molecule has 0 saturated carbocycles. The van der Waals surface area contributed by atoms with Crippen LogP contribution in [0.3, 0.4) is 0 Å². The molecule has 2 aromatic heterocycles. The number of nitriles is 1. The van der Waals surface area contributed by atoms with Gasteiger partial charge in [-0.15, -0.1) is 10.2 Å². The number of rotatable bonds is 3. The van der Waals surface area contributed by atoms with Crippen LogP contribution in [0.2, 0.25) is 5.15 Å². The molecule has 0 fully saturated rings. The first-order valence-electron chi connectivity index (χ1n) is 5.44. The minimum atomic E-state index is 0.276. The van der Waals surface area contributed by atoms with Gasteiger partial charge in [0.1, 0.15) is 17.5 Å². The molecule has 0 radical (unpaired) electrons. The monoisotopic (exact) mass is 262 g/mol. The fourth-order valence-electron chi connectivity index (χ4n) is 1.61. The minimum absolute atomic E-state index is 0.276. The van der Waals surface area contributed by atoms with E-state index in [2.05, 4.69) is 21.4 Å². The van der Waals surface area contributed by atoms with Crippen molar-refractivity contribution >= 4 is 17.4 Å². The molecule has 0 spiro atoms. The number of nitrogens with zero attached hydrogens (tertiary/aromatic N) is 5. The second kappa shape index (κ2) is 5.02. The summed E-state index contributed by atoms with van der Waals surface area (Å²) in [5, 5.41) is 21.3. The number of nitrogen functional groups attached to an aromatic ring is 1. The van der Waals surface area contributed by atoms with Crippen LogP contribution in [0.4, 0.5) is 5.82 Å². The molecule has 2 heterocycles. The van der Waals surface area contributed by atoms with Crippen molar-refractivity contribution < 1.29 is 0 Å². The smallest absolute Gasteiger partial charge is 0.178 e. The third-order valence-electron chi connectivity index (χ3n) is 2.43. The third kappa shape index (κ3) is 2.13. The van der Waals surface area contributed by atoms with Gasteiger partial charge in [-0.1, -0.05) is 24.9 Å². The first-order chi connectivity index (χ1) is 8.67. The maximum absolute atomic E-state index is 9.09. The van der Waals surface area contributed by atoms with Gasteiger partial charge in [0.2, 0.25) is 0 Å². The lowest BCUT2D eigenvalue weighted by atomic mass is 10.2. The van der Waals surface area contributed by atoms with Crippen LogP contribution in [0.25, 0.3) is 5.82 Å². The van der Waals surface area contributed by atoms with Gasteiger partial charge < -0.3 is 5.73 Å². The molecule has 0 atom stereocenters. The van der Waals surface area contributed by atoms with E-state index < -0.39 is 0 Å². The van der Waals surface area contributed by atoms with Crippen LogP contribution >= 0.6 is 11.6 Å². The van der Waals surface area contributed by atoms with Crippen molar-refractivity contribution in [3.8, 4) is 11.9 Å². The molecule has 0 aliphatic heterocycles. The number of hydrogen-bond acceptors (Lipinski definition) is 5. The Morgan fingerprint density at radius 1 is 1.44 bits per heavy atom. The SMILES string of the molecule is CCCc1nn(-c2ccc(Cl)nn2)c(N)c1C#N. The summed E-state index contributed by atoms with van der Waals surface area (Å²) in [6, 6.07) is 5.31. The van der Waals surface area contributed by atoms with E-state index in [1.54, 1.807) is 12.1 Å². The van der Waals surface area contributed by atoms with Crippen LogP contribution in [0.15, 0.2) is 12.1 Å². The number of nitrogens with two attached hydrogens (primary N) is 1. The van der Waals surface area contributed by atoms with E-state index >= 15 is 0 Å². The summed E-state index contributed by atoms with van der Waals surface area (Å²) in [6.45, 7) is 2.01. The van der Waals surface area contributed by atoms with Gasteiger partial charge in [0.15, 0.2) is 11.0 Å². The van der Waals surface area contributed by atoms with E-state index in [0.717, 1.165) is 6.42 Å². The lowest BCUT2D eigenvalue weighted by Crippen LogP contribution is -2.05.